The van der Waals surface area contributed by atoms with Crippen LogP contribution in [-0.2, 0) is 0 Å². The van der Waals surface area contributed by atoms with Gasteiger partial charge in [0.2, 0.25) is 0 Å². The Hall–Kier alpha value is -9.14. The third-order valence-corrected chi connectivity index (χ3v) is 13.2. The Labute approximate surface area is 407 Å². The molecule has 13 rings (SSSR count). The second kappa shape index (κ2) is 16.3. The van der Waals surface area contributed by atoms with Crippen molar-refractivity contribution in [2.75, 3.05) is 0 Å². The zero-order valence-electron chi connectivity index (χ0n) is 41.5. The van der Waals surface area contributed by atoms with Crippen molar-refractivity contribution in [1.29, 1.82) is 0 Å². The van der Waals surface area contributed by atoms with E-state index in [0.29, 0.717) is 39.8 Å². The Morgan fingerprint density at radius 3 is 1.30 bits per heavy atom. The van der Waals surface area contributed by atoms with Gasteiger partial charge >= 0.3 is 0 Å². The summed E-state index contributed by atoms with van der Waals surface area (Å²) in [6, 6.07) is 56.6. The number of hydrogen-bond donors (Lipinski definition) is 0. The van der Waals surface area contributed by atoms with Crippen LogP contribution >= 0.6 is 0 Å². The molecule has 5 heterocycles. The van der Waals surface area contributed by atoms with Crippen molar-refractivity contribution in [2.24, 2.45) is 0 Å². The highest BCUT2D eigenvalue weighted by Gasteiger charge is 2.19. The normalized spacial score (nSPS) is 12.5. The lowest BCUT2D eigenvalue weighted by molar-refractivity contribution is 0.484. The number of aryl methyl sites for hydroxylation is 4. The molecule has 0 spiro atoms. The number of rotatable bonds is 8. The molecule has 0 N–H and O–H groups in total. The maximum atomic E-state index is 8.24. The Morgan fingerprint density at radius 2 is 0.814 bits per heavy atom. The fourth-order valence-electron chi connectivity index (χ4n) is 10.0. The van der Waals surface area contributed by atoms with Gasteiger partial charge in [0.15, 0.2) is 0 Å². The second-order valence-electron chi connectivity index (χ2n) is 18.0. The predicted octanol–water partition coefficient (Wildman–Crippen LogP) is 15.9. The van der Waals surface area contributed by atoms with Gasteiger partial charge < -0.3 is 9.47 Å². The van der Waals surface area contributed by atoms with Gasteiger partial charge in [-0.25, -0.2) is 9.97 Å². The molecule has 0 aliphatic carbocycles. The van der Waals surface area contributed by atoms with Gasteiger partial charge in [-0.2, -0.15) is 0 Å². The Morgan fingerprint density at radius 1 is 0.371 bits per heavy atom. The highest BCUT2D eigenvalue weighted by atomic mass is 16.5. The number of nitrogens with zero attached hydrogens (tertiary/aromatic N) is 6. The van der Waals surface area contributed by atoms with Crippen LogP contribution in [0.1, 0.15) is 26.4 Å². The van der Waals surface area contributed by atoms with Crippen molar-refractivity contribution in [1.82, 2.24) is 29.1 Å². The summed E-state index contributed by atoms with van der Waals surface area (Å²) in [5, 5.41) is 7.95. The van der Waals surface area contributed by atoms with Crippen LogP contribution < -0.4 is 9.47 Å². The largest absolute Gasteiger partial charge is 0.457 e. The molecular weight excluding hydrogens is 861 g/mol. The summed E-state index contributed by atoms with van der Waals surface area (Å²) in [7, 11) is 0. The smallest absolute Gasteiger partial charge is 0.137 e. The van der Waals surface area contributed by atoms with Gasteiger partial charge in [0, 0.05) is 61.3 Å². The lowest BCUT2D eigenvalue weighted by Crippen LogP contribution is -1.97. The van der Waals surface area contributed by atoms with Gasteiger partial charge in [0.1, 0.15) is 34.6 Å². The molecule has 0 radical (unpaired) electrons. The molecule has 0 aliphatic rings. The lowest BCUT2D eigenvalue weighted by atomic mass is 9.99. The quantitative estimate of drug-likeness (QED) is 0.151. The van der Waals surface area contributed by atoms with Gasteiger partial charge in [0.25, 0.3) is 0 Å². The SMILES string of the molecule is [2H]C([2H])([2H])c1ccc2c(-c3cnc(-c4cc(Oc5ccc6c7ccccc7n(-c7cc(C)ccn7)c6c5)cc5cc(C)ccc45)cn3)cc(Oc3ccc4c5ccccc5n(-c5cc(C)ccn5)c4c3)cc2c1. The first-order chi connectivity index (χ1) is 35.5. The molecule has 0 bridgehead atoms. The first-order valence-corrected chi connectivity index (χ1v) is 23.2. The van der Waals surface area contributed by atoms with Gasteiger partial charge in [-0.1, -0.05) is 83.9 Å². The van der Waals surface area contributed by atoms with Gasteiger partial charge in [0.05, 0.1) is 45.8 Å². The van der Waals surface area contributed by atoms with Crippen molar-refractivity contribution in [3.05, 3.63) is 217 Å². The standard InChI is InChI=1S/C62H44N6O2/c1-37-13-17-47-41(25-37)29-45(69-43-15-19-51-49-9-5-7-11-57(49)67(59(51)33-43)61-27-39(3)21-23-63-61)31-53(47)55-35-66-56(36-65-55)54-32-46(30-42-26-38(2)14-18-48(42)54)70-44-16-20-52-50-10-6-8-12-58(50)68(60(52)34-44)62-28-40(4)22-24-64-62/h5-36H,1-4H3/i1D3. The minimum absolute atomic E-state index is 0.232. The van der Waals surface area contributed by atoms with E-state index in [9.17, 15) is 0 Å². The molecule has 8 aromatic carbocycles. The summed E-state index contributed by atoms with van der Waals surface area (Å²) in [6.07, 6.45) is 7.23. The van der Waals surface area contributed by atoms with Crippen molar-refractivity contribution < 1.29 is 13.6 Å². The van der Waals surface area contributed by atoms with Crippen LogP contribution in [0.3, 0.4) is 0 Å². The fraction of sp³-hybridized carbons (Fsp3) is 0.0645. The zero-order valence-corrected chi connectivity index (χ0v) is 38.5. The van der Waals surface area contributed by atoms with Crippen molar-refractivity contribution in [3.8, 4) is 57.1 Å². The molecule has 0 aliphatic heterocycles. The molecule has 0 fully saturated rings. The van der Waals surface area contributed by atoms with E-state index in [0.717, 1.165) is 99.2 Å². The van der Waals surface area contributed by atoms with Crippen LogP contribution in [0, 0.1) is 27.6 Å². The summed E-state index contributed by atoms with van der Waals surface area (Å²) >= 11 is 0. The lowest BCUT2D eigenvalue weighted by Gasteiger charge is -2.14. The highest BCUT2D eigenvalue weighted by molar-refractivity contribution is 6.10. The monoisotopic (exact) mass is 907 g/mol. The summed E-state index contributed by atoms with van der Waals surface area (Å²) in [5.74, 6) is 4.13. The topological polar surface area (TPSA) is 79.9 Å². The molecule has 5 aromatic heterocycles. The van der Waals surface area contributed by atoms with E-state index < -0.39 is 6.85 Å². The van der Waals surface area contributed by atoms with E-state index in [4.69, 9.17) is 33.5 Å². The van der Waals surface area contributed by atoms with E-state index in [1.807, 2.05) is 79.1 Å². The maximum Gasteiger partial charge on any atom is 0.137 e. The molecular formula is C62H44N6O2. The number of fused-ring (bicyclic) bond motifs is 8. The first-order valence-electron chi connectivity index (χ1n) is 24.7. The molecule has 8 nitrogen and oxygen atoms in total. The van der Waals surface area contributed by atoms with E-state index in [1.165, 1.54) is 0 Å². The third kappa shape index (κ3) is 7.08. The number of aromatic nitrogens is 6. The van der Waals surface area contributed by atoms with E-state index in [-0.39, 0.29) is 5.56 Å². The van der Waals surface area contributed by atoms with Gasteiger partial charge in [-0.3, -0.25) is 19.1 Å². The highest BCUT2D eigenvalue weighted by Crippen LogP contribution is 2.41. The Bertz CT molecular complexity index is 4370. The molecule has 0 unspecified atom stereocenters. The van der Waals surface area contributed by atoms with E-state index in [2.05, 4.69) is 121 Å². The van der Waals surface area contributed by atoms with Crippen LogP contribution in [-0.4, -0.2) is 29.1 Å². The number of pyridine rings is 2. The van der Waals surface area contributed by atoms with E-state index in [1.54, 1.807) is 24.5 Å². The Kier molecular flexibility index (Phi) is 8.81. The number of ether oxygens (including phenoxy) is 2. The summed E-state index contributed by atoms with van der Waals surface area (Å²) in [5.41, 5.74) is 10.5. The van der Waals surface area contributed by atoms with Crippen LogP contribution in [0.2, 0.25) is 0 Å². The summed E-state index contributed by atoms with van der Waals surface area (Å²) in [6.45, 7) is 3.91. The molecule has 0 atom stereocenters. The maximum absolute atomic E-state index is 8.24. The number of para-hydroxylation sites is 2. The van der Waals surface area contributed by atoms with Crippen molar-refractivity contribution in [3.63, 3.8) is 0 Å². The molecule has 70 heavy (non-hydrogen) atoms. The molecule has 334 valence electrons. The van der Waals surface area contributed by atoms with Crippen molar-refractivity contribution >= 4 is 65.2 Å². The summed E-state index contributed by atoms with van der Waals surface area (Å²) < 4.78 is 42.6. The second-order valence-corrected chi connectivity index (χ2v) is 18.0. The van der Waals surface area contributed by atoms with Crippen LogP contribution in [0.25, 0.3) is 99.3 Å². The molecule has 0 amide bonds. The number of hydrogen-bond acceptors (Lipinski definition) is 6. The minimum Gasteiger partial charge on any atom is -0.457 e. The molecule has 13 aromatic rings. The van der Waals surface area contributed by atoms with Crippen molar-refractivity contribution in [2.45, 2.75) is 27.6 Å². The van der Waals surface area contributed by atoms with Crippen LogP contribution in [0.4, 0.5) is 0 Å². The van der Waals surface area contributed by atoms with Gasteiger partial charge in [-0.15, -0.1) is 0 Å². The fourth-order valence-corrected chi connectivity index (χ4v) is 10.0. The van der Waals surface area contributed by atoms with Crippen LogP contribution in [0.5, 0.6) is 23.0 Å². The third-order valence-electron chi connectivity index (χ3n) is 13.2. The number of benzene rings is 8. The average molecular weight is 908 g/mol. The average Bonchev–Trinajstić information content (AvgIpc) is 3.90. The minimum atomic E-state index is -2.31. The molecule has 8 heteroatoms. The molecule has 0 saturated heterocycles. The Balaban J connectivity index is 0.887. The zero-order chi connectivity index (χ0) is 49.5. The predicted molar refractivity (Wildman–Crippen MR) is 284 cm³/mol. The molecule has 0 saturated carbocycles. The first kappa shape index (κ1) is 37.9. The van der Waals surface area contributed by atoms with Gasteiger partial charge in [-0.05, 0) is 145 Å². The van der Waals surface area contributed by atoms with E-state index >= 15 is 0 Å². The van der Waals surface area contributed by atoms with Crippen LogP contribution in [0.15, 0.2) is 195 Å². The summed E-state index contributed by atoms with van der Waals surface area (Å²) in [4.78, 5) is 19.7.